The molecular weight excluding hydrogens is 370 g/mol. The number of hydrogen-bond donors (Lipinski definition) is 1. The zero-order valence-corrected chi connectivity index (χ0v) is 17.2. The Kier molecular flexibility index (Phi) is 6.96. The summed E-state index contributed by atoms with van der Waals surface area (Å²) >= 11 is 0. The molecule has 0 aromatic heterocycles. The Morgan fingerprint density at radius 3 is 2.48 bits per heavy atom. The molecule has 6 heteroatoms. The quantitative estimate of drug-likeness (QED) is 0.534. The molecule has 1 N–H and O–H groups in total. The molecule has 1 aromatic carbocycles. The van der Waals surface area contributed by atoms with Crippen LogP contribution < -0.4 is 9.47 Å². The largest absolute Gasteiger partial charge is 0.493 e. The zero-order valence-electron chi connectivity index (χ0n) is 17.2. The summed E-state index contributed by atoms with van der Waals surface area (Å²) in [5.74, 6) is 0.736. The lowest BCUT2D eigenvalue weighted by Gasteiger charge is -2.42. The number of rotatable bonds is 8. The minimum absolute atomic E-state index is 0.0284. The second kappa shape index (κ2) is 9.44. The fraction of sp³-hybridized carbons (Fsp3) is 0.565. The number of ether oxygens (including phenoxy) is 2. The molecule has 3 rings (SSSR count). The summed E-state index contributed by atoms with van der Waals surface area (Å²) < 4.78 is 11.0. The molecule has 0 radical (unpaired) electrons. The van der Waals surface area contributed by atoms with Crippen molar-refractivity contribution in [3.05, 3.63) is 36.4 Å². The van der Waals surface area contributed by atoms with E-state index in [4.69, 9.17) is 9.47 Å². The van der Waals surface area contributed by atoms with Crippen LogP contribution in [0.2, 0.25) is 0 Å². The molecule has 1 aliphatic carbocycles. The number of benzene rings is 1. The first-order chi connectivity index (χ1) is 14.0. The van der Waals surface area contributed by atoms with E-state index in [-0.39, 0.29) is 30.4 Å². The van der Waals surface area contributed by atoms with E-state index in [1.807, 2.05) is 18.2 Å². The second-order valence-corrected chi connectivity index (χ2v) is 8.26. The Labute approximate surface area is 172 Å². The number of aliphatic hydroxyl groups is 1. The highest BCUT2D eigenvalue weighted by atomic mass is 16.5. The minimum Gasteiger partial charge on any atom is -0.493 e. The lowest BCUT2D eigenvalue weighted by molar-refractivity contribution is -0.156. The van der Waals surface area contributed by atoms with Crippen LogP contribution in [0, 0.1) is 5.41 Å². The summed E-state index contributed by atoms with van der Waals surface area (Å²) in [6, 6.07) is 5.56. The van der Waals surface area contributed by atoms with Gasteiger partial charge in [-0.2, -0.15) is 0 Å². The molecule has 1 heterocycles. The Balaban J connectivity index is 1.55. The van der Waals surface area contributed by atoms with Gasteiger partial charge in [-0.25, -0.2) is 0 Å². The number of imide groups is 1. The number of carbonyl (C=O) groups excluding carboxylic acids is 2. The maximum Gasteiger partial charge on any atom is 0.229 e. The Bertz CT molecular complexity index is 734. The third-order valence-corrected chi connectivity index (χ3v) is 6.00. The van der Waals surface area contributed by atoms with Crippen LogP contribution in [0.25, 0.3) is 0 Å². The Hall–Kier alpha value is -2.34. The van der Waals surface area contributed by atoms with Gasteiger partial charge in [-0.15, -0.1) is 6.58 Å². The number of methoxy groups -OCH3 is 1. The number of allylic oxidation sites excluding steroid dienone is 1. The van der Waals surface area contributed by atoms with Crippen LogP contribution in [0.15, 0.2) is 30.9 Å². The SMILES string of the molecule is C=CCc1ccc(OC[C@@H](O)CN2C(=O)CC3(CCCCC3)CC2=O)c(OC)c1. The number of carbonyl (C=O) groups is 2. The molecule has 1 spiro atoms. The van der Waals surface area contributed by atoms with E-state index in [2.05, 4.69) is 6.58 Å². The molecule has 6 nitrogen and oxygen atoms in total. The van der Waals surface area contributed by atoms with Gasteiger partial charge in [0.1, 0.15) is 12.7 Å². The number of piperidine rings is 1. The van der Waals surface area contributed by atoms with Crippen molar-refractivity contribution in [2.75, 3.05) is 20.3 Å². The van der Waals surface area contributed by atoms with Gasteiger partial charge in [0.2, 0.25) is 11.8 Å². The van der Waals surface area contributed by atoms with Crippen molar-refractivity contribution in [2.24, 2.45) is 5.41 Å². The summed E-state index contributed by atoms with van der Waals surface area (Å²) in [6.45, 7) is 3.66. The van der Waals surface area contributed by atoms with Gasteiger partial charge in [0.25, 0.3) is 0 Å². The number of hydrogen-bond acceptors (Lipinski definition) is 5. The molecule has 1 aliphatic heterocycles. The van der Waals surface area contributed by atoms with E-state index in [1.165, 1.54) is 11.3 Å². The predicted molar refractivity (Wildman–Crippen MR) is 110 cm³/mol. The van der Waals surface area contributed by atoms with Crippen LogP contribution >= 0.6 is 0 Å². The third kappa shape index (κ3) is 5.18. The van der Waals surface area contributed by atoms with Gasteiger partial charge in [0, 0.05) is 12.8 Å². The number of aliphatic hydroxyl groups excluding tert-OH is 1. The lowest BCUT2D eigenvalue weighted by Crippen LogP contribution is -2.51. The monoisotopic (exact) mass is 401 g/mol. The molecule has 2 amide bonds. The second-order valence-electron chi connectivity index (χ2n) is 8.26. The van der Waals surface area contributed by atoms with E-state index in [9.17, 15) is 14.7 Å². The minimum atomic E-state index is -0.958. The molecule has 0 unspecified atom stereocenters. The van der Waals surface area contributed by atoms with Crippen molar-refractivity contribution in [3.8, 4) is 11.5 Å². The van der Waals surface area contributed by atoms with Crippen LogP contribution in [-0.4, -0.2) is 48.2 Å². The number of amides is 2. The number of likely N-dealkylation sites (tertiary alicyclic amines) is 1. The van der Waals surface area contributed by atoms with Crippen LogP contribution in [0.3, 0.4) is 0 Å². The molecule has 158 valence electrons. The first-order valence-electron chi connectivity index (χ1n) is 10.4. The highest BCUT2D eigenvalue weighted by Gasteiger charge is 2.44. The Morgan fingerprint density at radius 2 is 1.86 bits per heavy atom. The summed E-state index contributed by atoms with van der Waals surface area (Å²) in [4.78, 5) is 26.4. The maximum atomic E-state index is 12.6. The maximum absolute atomic E-state index is 12.6. The fourth-order valence-corrected chi connectivity index (χ4v) is 4.47. The first-order valence-corrected chi connectivity index (χ1v) is 10.4. The topological polar surface area (TPSA) is 76.1 Å². The fourth-order valence-electron chi connectivity index (χ4n) is 4.47. The summed E-state index contributed by atoms with van der Waals surface area (Å²) in [6.07, 6.45) is 7.65. The van der Waals surface area contributed by atoms with Gasteiger partial charge in [0.05, 0.1) is 13.7 Å². The van der Waals surface area contributed by atoms with Crippen LogP contribution in [0.4, 0.5) is 0 Å². The van der Waals surface area contributed by atoms with Crippen molar-refractivity contribution in [2.45, 2.75) is 57.5 Å². The average molecular weight is 402 g/mol. The number of β-amino-alcohol motifs (C(OH)–C–C–N with tert-alkyl or cyclic N) is 1. The van der Waals surface area contributed by atoms with E-state index < -0.39 is 6.10 Å². The molecule has 1 aromatic rings. The first kappa shape index (κ1) is 21.4. The van der Waals surface area contributed by atoms with Gasteiger partial charge in [-0.05, 0) is 42.4 Å². The predicted octanol–water partition coefficient (Wildman–Crippen LogP) is 3.26. The summed E-state index contributed by atoms with van der Waals surface area (Å²) in [5.41, 5.74) is 0.899. The van der Waals surface area contributed by atoms with Crippen molar-refractivity contribution >= 4 is 11.8 Å². The Morgan fingerprint density at radius 1 is 1.17 bits per heavy atom. The van der Waals surface area contributed by atoms with Gasteiger partial charge in [-0.3, -0.25) is 14.5 Å². The summed E-state index contributed by atoms with van der Waals surface area (Å²) in [5, 5.41) is 10.4. The number of nitrogens with zero attached hydrogens (tertiary/aromatic N) is 1. The molecule has 2 aliphatic rings. The normalized spacial score (nSPS) is 19.9. The highest BCUT2D eigenvalue weighted by molar-refractivity contribution is 5.98. The van der Waals surface area contributed by atoms with Crippen molar-refractivity contribution in [1.82, 2.24) is 4.90 Å². The van der Waals surface area contributed by atoms with Gasteiger partial charge < -0.3 is 14.6 Å². The van der Waals surface area contributed by atoms with Gasteiger partial charge in [0.15, 0.2) is 11.5 Å². The third-order valence-electron chi connectivity index (χ3n) is 6.00. The molecule has 2 fully saturated rings. The molecular formula is C23H31NO5. The van der Waals surface area contributed by atoms with Gasteiger partial charge in [-0.1, -0.05) is 31.4 Å². The summed E-state index contributed by atoms with van der Waals surface area (Å²) in [7, 11) is 1.56. The standard InChI is InChI=1S/C23H31NO5/c1-3-7-17-8-9-19(20(12-17)28-2)29-16-18(25)15-24-21(26)13-23(14-22(24)27)10-5-4-6-11-23/h3,8-9,12,18,25H,1,4-7,10-11,13-16H2,2H3/t18-/m0/s1. The van der Waals surface area contributed by atoms with E-state index >= 15 is 0 Å². The lowest BCUT2D eigenvalue weighted by atomic mass is 9.67. The molecule has 29 heavy (non-hydrogen) atoms. The van der Waals surface area contributed by atoms with Crippen molar-refractivity contribution in [1.29, 1.82) is 0 Å². The van der Waals surface area contributed by atoms with Crippen LogP contribution in [-0.2, 0) is 16.0 Å². The highest BCUT2D eigenvalue weighted by Crippen LogP contribution is 2.45. The molecule has 1 saturated heterocycles. The van der Waals surface area contributed by atoms with Crippen LogP contribution in [0.5, 0.6) is 11.5 Å². The van der Waals surface area contributed by atoms with Gasteiger partial charge >= 0.3 is 0 Å². The van der Waals surface area contributed by atoms with Crippen LogP contribution in [0.1, 0.15) is 50.5 Å². The van der Waals surface area contributed by atoms with Crippen molar-refractivity contribution < 1.29 is 24.2 Å². The van der Waals surface area contributed by atoms with E-state index in [0.717, 1.165) is 37.7 Å². The smallest absolute Gasteiger partial charge is 0.229 e. The molecule has 1 saturated carbocycles. The average Bonchev–Trinajstić information content (AvgIpc) is 2.70. The van der Waals surface area contributed by atoms with Crippen molar-refractivity contribution in [3.63, 3.8) is 0 Å². The van der Waals surface area contributed by atoms with E-state index in [0.29, 0.717) is 24.3 Å². The van der Waals surface area contributed by atoms with E-state index in [1.54, 1.807) is 13.2 Å². The zero-order chi connectivity index (χ0) is 20.9. The molecule has 0 bridgehead atoms. The molecule has 1 atom stereocenters.